The number of carbonyl (C=O) groups excluding carboxylic acids is 2. The Morgan fingerprint density at radius 3 is 2.49 bits per heavy atom. The van der Waals surface area contributed by atoms with Crippen molar-refractivity contribution in [2.24, 2.45) is 5.92 Å². The summed E-state index contributed by atoms with van der Waals surface area (Å²) in [6.45, 7) is 2.49. The van der Waals surface area contributed by atoms with Gasteiger partial charge in [0.15, 0.2) is 0 Å². The summed E-state index contributed by atoms with van der Waals surface area (Å²) in [5.41, 5.74) is 1.20. The third-order valence-corrected chi connectivity index (χ3v) is 5.56. The molecule has 9 heteroatoms. The molecule has 1 fully saturated rings. The molecule has 0 saturated heterocycles. The molecular weight excluding hydrogens is 459 g/mol. The number of nitrogens with one attached hydrogen (secondary N) is 1. The van der Waals surface area contributed by atoms with Gasteiger partial charge in [0.1, 0.15) is 29.5 Å². The second kappa shape index (κ2) is 9.85. The van der Waals surface area contributed by atoms with E-state index in [-0.39, 0.29) is 41.9 Å². The molecule has 35 heavy (non-hydrogen) atoms. The lowest BCUT2D eigenvalue weighted by Crippen LogP contribution is -2.14. The number of aromatic nitrogens is 2. The molecule has 1 aliphatic carbocycles. The number of ketones is 1. The number of anilines is 1. The first-order valence-electron chi connectivity index (χ1n) is 11.2. The van der Waals surface area contributed by atoms with Gasteiger partial charge in [0.25, 0.3) is 5.92 Å². The molecule has 1 N–H and O–H groups in total. The molecule has 1 aliphatic rings. The number of amides is 1. The highest BCUT2D eigenvalue weighted by atomic mass is 19.3. The van der Waals surface area contributed by atoms with E-state index < -0.39 is 17.3 Å². The predicted molar refractivity (Wildman–Crippen MR) is 123 cm³/mol. The fourth-order valence-corrected chi connectivity index (χ4v) is 3.61. The predicted octanol–water partition coefficient (Wildman–Crippen LogP) is 5.53. The highest BCUT2D eigenvalue weighted by Gasteiger charge is 2.30. The number of nitrogens with zero attached hydrogens (tertiary/aromatic N) is 2. The van der Waals surface area contributed by atoms with E-state index >= 15 is 0 Å². The minimum absolute atomic E-state index is 0.0439. The summed E-state index contributed by atoms with van der Waals surface area (Å²) in [5, 5.41) is 2.74. The van der Waals surface area contributed by atoms with Crippen molar-refractivity contribution < 1.29 is 27.5 Å². The van der Waals surface area contributed by atoms with Crippen LogP contribution in [0.15, 0.2) is 48.8 Å². The molecule has 1 aromatic heterocycles. The zero-order valence-corrected chi connectivity index (χ0v) is 19.3. The molecule has 1 amide bonds. The molecule has 182 valence electrons. The van der Waals surface area contributed by atoms with Crippen molar-refractivity contribution in [1.29, 1.82) is 0 Å². The van der Waals surface area contributed by atoms with Crippen LogP contribution in [0.25, 0.3) is 0 Å². The van der Waals surface area contributed by atoms with E-state index in [1.165, 1.54) is 12.4 Å². The van der Waals surface area contributed by atoms with Gasteiger partial charge in [-0.2, -0.15) is 0 Å². The maximum absolute atomic E-state index is 13.7. The van der Waals surface area contributed by atoms with Gasteiger partial charge < -0.3 is 10.1 Å². The monoisotopic (exact) mass is 483 g/mol. The number of hydrogen-bond donors (Lipinski definition) is 1. The lowest BCUT2D eigenvalue weighted by Gasteiger charge is -2.13. The van der Waals surface area contributed by atoms with E-state index in [0.29, 0.717) is 24.1 Å². The second-order valence-corrected chi connectivity index (χ2v) is 8.84. The molecule has 4 rings (SSSR count). The van der Waals surface area contributed by atoms with Crippen LogP contribution in [0, 0.1) is 18.7 Å². The number of rotatable bonds is 9. The molecule has 6 nitrogen and oxygen atoms in total. The van der Waals surface area contributed by atoms with Gasteiger partial charge >= 0.3 is 0 Å². The molecule has 1 saturated carbocycles. The lowest BCUT2D eigenvalue weighted by atomic mass is 9.98. The quantitative estimate of drug-likeness (QED) is 0.433. The van der Waals surface area contributed by atoms with Gasteiger partial charge in [-0.1, -0.05) is 12.1 Å². The van der Waals surface area contributed by atoms with Crippen LogP contribution in [0.4, 0.5) is 19.0 Å². The molecule has 0 unspecified atom stereocenters. The average Bonchev–Trinajstić information content (AvgIpc) is 3.60. The van der Waals surface area contributed by atoms with Gasteiger partial charge in [0.05, 0.1) is 0 Å². The van der Waals surface area contributed by atoms with E-state index in [4.69, 9.17) is 4.74 Å². The maximum Gasteiger partial charge on any atom is 0.270 e. The van der Waals surface area contributed by atoms with E-state index in [1.54, 1.807) is 18.2 Å². The van der Waals surface area contributed by atoms with Gasteiger partial charge in [0, 0.05) is 37.3 Å². The largest absolute Gasteiger partial charge is 0.439 e. The van der Waals surface area contributed by atoms with Crippen molar-refractivity contribution in [2.45, 2.75) is 45.5 Å². The lowest BCUT2D eigenvalue weighted by molar-refractivity contribution is -0.118. The summed E-state index contributed by atoms with van der Waals surface area (Å²) >= 11 is 0. The molecule has 0 spiro atoms. The maximum atomic E-state index is 13.7. The molecule has 0 atom stereocenters. The zero-order chi connectivity index (χ0) is 25.2. The van der Waals surface area contributed by atoms with E-state index in [9.17, 15) is 22.8 Å². The van der Waals surface area contributed by atoms with E-state index in [0.717, 1.165) is 36.6 Å². The Morgan fingerprint density at radius 1 is 1.06 bits per heavy atom. The Kier molecular flexibility index (Phi) is 6.86. The number of carbonyl (C=O) groups is 2. The molecule has 0 radical (unpaired) electrons. The van der Waals surface area contributed by atoms with Crippen LogP contribution in [-0.2, 0) is 28.4 Å². The Morgan fingerprint density at radius 2 is 1.80 bits per heavy atom. The van der Waals surface area contributed by atoms with Crippen molar-refractivity contribution in [3.05, 3.63) is 76.9 Å². The first kappa shape index (κ1) is 24.4. The van der Waals surface area contributed by atoms with Crippen LogP contribution in [0.2, 0.25) is 0 Å². The summed E-state index contributed by atoms with van der Waals surface area (Å²) in [7, 11) is 0. The van der Waals surface area contributed by atoms with Gasteiger partial charge in [0.2, 0.25) is 11.8 Å². The normalized spacial score (nSPS) is 13.4. The SMILES string of the molecule is Cc1cc(CC(=O)Cc2cc(F)cc(C(C)(F)F)c2)ccc1Oc1cc(NC(=O)C2CC2)ncn1. The Bertz CT molecular complexity index is 1270. The number of halogens is 3. The van der Waals surface area contributed by atoms with Crippen molar-refractivity contribution in [3.63, 3.8) is 0 Å². The standard InChI is InChI=1S/C26H24F3N3O3/c1-15-7-16(10-21(33)11-17-8-19(26(2,28)29)12-20(27)9-17)3-6-22(15)35-24-13-23(30-14-31-24)32-25(34)18-4-5-18/h3,6-9,12-14,18H,4-5,10-11H2,1-2H3,(H,30,31,32,34). The number of aryl methyl sites for hydroxylation is 1. The minimum Gasteiger partial charge on any atom is -0.439 e. The van der Waals surface area contributed by atoms with E-state index in [1.807, 2.05) is 6.92 Å². The van der Waals surface area contributed by atoms with Gasteiger partial charge in [-0.25, -0.2) is 23.1 Å². The second-order valence-electron chi connectivity index (χ2n) is 8.84. The summed E-state index contributed by atoms with van der Waals surface area (Å²) in [5.74, 6) is -3.13. The molecule has 0 bridgehead atoms. The summed E-state index contributed by atoms with van der Waals surface area (Å²) in [6.07, 6.45) is 2.96. The molecular formula is C26H24F3N3O3. The fourth-order valence-electron chi connectivity index (χ4n) is 3.61. The third kappa shape index (κ3) is 6.65. The highest BCUT2D eigenvalue weighted by Crippen LogP contribution is 2.31. The molecule has 3 aromatic rings. The van der Waals surface area contributed by atoms with Crippen LogP contribution in [0.5, 0.6) is 11.6 Å². The number of alkyl halides is 2. The number of hydrogen-bond acceptors (Lipinski definition) is 5. The summed E-state index contributed by atoms with van der Waals surface area (Å²) < 4.78 is 46.7. The van der Waals surface area contributed by atoms with Gasteiger partial charge in [-0.15, -0.1) is 0 Å². The van der Waals surface area contributed by atoms with Crippen molar-refractivity contribution in [1.82, 2.24) is 9.97 Å². The molecule has 2 aromatic carbocycles. The van der Waals surface area contributed by atoms with Crippen LogP contribution >= 0.6 is 0 Å². The fraction of sp³-hybridized carbons (Fsp3) is 0.308. The Hall–Kier alpha value is -3.75. The van der Waals surface area contributed by atoms with Crippen LogP contribution < -0.4 is 10.1 Å². The van der Waals surface area contributed by atoms with Crippen LogP contribution in [0.1, 0.15) is 42.0 Å². The number of ether oxygens (including phenoxy) is 1. The highest BCUT2D eigenvalue weighted by molar-refractivity contribution is 5.93. The summed E-state index contributed by atoms with van der Waals surface area (Å²) in [6, 6.07) is 9.75. The number of benzene rings is 2. The topological polar surface area (TPSA) is 81.2 Å². The Balaban J connectivity index is 1.39. The van der Waals surface area contributed by atoms with Crippen molar-refractivity contribution in [3.8, 4) is 11.6 Å². The van der Waals surface area contributed by atoms with E-state index in [2.05, 4.69) is 15.3 Å². The molecule has 0 aliphatic heterocycles. The minimum atomic E-state index is -3.19. The first-order chi connectivity index (χ1) is 16.6. The van der Waals surface area contributed by atoms with Crippen molar-refractivity contribution >= 4 is 17.5 Å². The van der Waals surface area contributed by atoms with Crippen LogP contribution in [-0.4, -0.2) is 21.7 Å². The number of Topliss-reactive ketones (excluding diaryl/α,β-unsaturated/α-hetero) is 1. The summed E-state index contributed by atoms with van der Waals surface area (Å²) in [4.78, 5) is 32.6. The third-order valence-electron chi connectivity index (χ3n) is 5.56. The average molecular weight is 483 g/mol. The van der Waals surface area contributed by atoms with Crippen LogP contribution in [0.3, 0.4) is 0 Å². The molecule has 1 heterocycles. The van der Waals surface area contributed by atoms with Crippen molar-refractivity contribution in [2.75, 3.05) is 5.32 Å². The van der Waals surface area contributed by atoms with Gasteiger partial charge in [-0.05, 0) is 60.7 Å². The Labute approximate surface area is 200 Å². The zero-order valence-electron chi connectivity index (χ0n) is 19.3. The van der Waals surface area contributed by atoms with Gasteiger partial charge in [-0.3, -0.25) is 9.59 Å². The first-order valence-corrected chi connectivity index (χ1v) is 11.2. The smallest absolute Gasteiger partial charge is 0.270 e.